The summed E-state index contributed by atoms with van der Waals surface area (Å²) in [6, 6.07) is 10.3. The third-order valence-corrected chi connectivity index (χ3v) is 2.49. The van der Waals surface area contributed by atoms with Crippen molar-refractivity contribution >= 4 is 17.3 Å². The molecule has 2 aromatic rings. The molecular formula is C14H15N3O2. The molecular weight excluding hydrogens is 242 g/mol. The molecule has 0 fully saturated rings. The van der Waals surface area contributed by atoms with E-state index < -0.39 is 0 Å². The average Bonchev–Trinajstić information content (AvgIpc) is 2.42. The van der Waals surface area contributed by atoms with Crippen LogP contribution in [-0.2, 0) is 0 Å². The van der Waals surface area contributed by atoms with Crippen LogP contribution in [0.1, 0.15) is 17.3 Å². The highest BCUT2D eigenvalue weighted by molar-refractivity contribution is 6.07. The minimum atomic E-state index is -0.260. The number of amides is 1. The number of nitrogens with zero attached hydrogens (tertiary/aromatic N) is 1. The number of aromatic nitrogens is 1. The number of anilines is 2. The predicted molar refractivity (Wildman–Crippen MR) is 74.2 cm³/mol. The van der Waals surface area contributed by atoms with E-state index in [1.54, 1.807) is 42.6 Å². The summed E-state index contributed by atoms with van der Waals surface area (Å²) in [5, 5.41) is 2.73. The number of hydrogen-bond donors (Lipinski definition) is 2. The maximum atomic E-state index is 12.0. The van der Waals surface area contributed by atoms with Gasteiger partial charge in [-0.1, -0.05) is 12.1 Å². The SMILES string of the molecule is CCOc1ccc(NC(=O)c2ccccc2N)cn1. The summed E-state index contributed by atoms with van der Waals surface area (Å²) in [6.07, 6.45) is 1.54. The smallest absolute Gasteiger partial charge is 0.257 e. The Hall–Kier alpha value is -2.56. The Labute approximate surface area is 111 Å². The number of benzene rings is 1. The zero-order valence-corrected chi connectivity index (χ0v) is 10.6. The molecule has 19 heavy (non-hydrogen) atoms. The Kier molecular flexibility index (Phi) is 3.97. The lowest BCUT2D eigenvalue weighted by Crippen LogP contribution is -2.14. The van der Waals surface area contributed by atoms with E-state index in [4.69, 9.17) is 10.5 Å². The number of hydrogen-bond acceptors (Lipinski definition) is 4. The van der Waals surface area contributed by atoms with E-state index in [9.17, 15) is 4.79 Å². The number of carbonyl (C=O) groups is 1. The van der Waals surface area contributed by atoms with Gasteiger partial charge in [0.1, 0.15) is 0 Å². The van der Waals surface area contributed by atoms with Gasteiger partial charge in [-0.25, -0.2) is 4.98 Å². The molecule has 0 atom stereocenters. The number of ether oxygens (including phenoxy) is 1. The molecule has 0 spiro atoms. The van der Waals surface area contributed by atoms with Crippen LogP contribution >= 0.6 is 0 Å². The summed E-state index contributed by atoms with van der Waals surface area (Å²) in [4.78, 5) is 16.1. The highest BCUT2D eigenvalue weighted by atomic mass is 16.5. The standard InChI is InChI=1S/C14H15N3O2/c1-2-19-13-8-7-10(9-16-13)17-14(18)11-5-3-4-6-12(11)15/h3-9H,2,15H2,1H3,(H,17,18). The van der Waals surface area contributed by atoms with E-state index >= 15 is 0 Å². The Morgan fingerprint density at radius 3 is 2.74 bits per heavy atom. The number of para-hydroxylation sites is 1. The maximum Gasteiger partial charge on any atom is 0.257 e. The topological polar surface area (TPSA) is 77.2 Å². The summed E-state index contributed by atoms with van der Waals surface area (Å²) >= 11 is 0. The quantitative estimate of drug-likeness (QED) is 0.824. The molecule has 98 valence electrons. The fourth-order valence-corrected chi connectivity index (χ4v) is 1.59. The van der Waals surface area contributed by atoms with Crippen molar-refractivity contribution in [1.29, 1.82) is 0 Å². The molecule has 1 aromatic carbocycles. The normalized spacial score (nSPS) is 9.95. The number of nitrogens with two attached hydrogens (primary N) is 1. The first-order chi connectivity index (χ1) is 9.20. The van der Waals surface area contributed by atoms with E-state index in [-0.39, 0.29) is 5.91 Å². The van der Waals surface area contributed by atoms with E-state index in [1.165, 1.54) is 0 Å². The zero-order valence-electron chi connectivity index (χ0n) is 10.6. The third-order valence-electron chi connectivity index (χ3n) is 2.49. The number of pyridine rings is 1. The van der Waals surface area contributed by atoms with Crippen LogP contribution < -0.4 is 15.8 Å². The Bertz CT molecular complexity index is 567. The van der Waals surface area contributed by atoms with Crippen LogP contribution in [0.2, 0.25) is 0 Å². The molecule has 2 rings (SSSR count). The monoisotopic (exact) mass is 257 g/mol. The summed E-state index contributed by atoms with van der Waals surface area (Å²) in [5.41, 5.74) is 7.22. The van der Waals surface area contributed by atoms with Gasteiger partial charge in [-0.05, 0) is 25.1 Å². The van der Waals surface area contributed by atoms with E-state index in [1.807, 2.05) is 6.92 Å². The van der Waals surface area contributed by atoms with Gasteiger partial charge < -0.3 is 15.8 Å². The summed E-state index contributed by atoms with van der Waals surface area (Å²) in [7, 11) is 0. The van der Waals surface area contributed by atoms with Crippen LogP contribution in [0, 0.1) is 0 Å². The zero-order chi connectivity index (χ0) is 13.7. The Morgan fingerprint density at radius 2 is 2.11 bits per heavy atom. The molecule has 0 aliphatic carbocycles. The first-order valence-corrected chi connectivity index (χ1v) is 5.95. The minimum absolute atomic E-state index is 0.260. The van der Waals surface area contributed by atoms with E-state index in [0.29, 0.717) is 29.4 Å². The van der Waals surface area contributed by atoms with Crippen molar-refractivity contribution < 1.29 is 9.53 Å². The number of nitrogen functional groups attached to an aromatic ring is 1. The number of carbonyl (C=O) groups excluding carboxylic acids is 1. The highest BCUT2D eigenvalue weighted by Crippen LogP contribution is 2.15. The third kappa shape index (κ3) is 3.22. The van der Waals surface area contributed by atoms with Gasteiger partial charge in [0.25, 0.3) is 5.91 Å². The van der Waals surface area contributed by atoms with Crippen LogP contribution in [0.3, 0.4) is 0 Å². The van der Waals surface area contributed by atoms with Crippen LogP contribution in [0.25, 0.3) is 0 Å². The lowest BCUT2D eigenvalue weighted by atomic mass is 10.1. The molecule has 1 heterocycles. The summed E-state index contributed by atoms with van der Waals surface area (Å²) in [6.45, 7) is 2.44. The van der Waals surface area contributed by atoms with Gasteiger partial charge in [0.05, 0.1) is 24.1 Å². The molecule has 0 saturated carbocycles. The van der Waals surface area contributed by atoms with Crippen molar-refractivity contribution in [3.63, 3.8) is 0 Å². The van der Waals surface area contributed by atoms with Crippen LogP contribution in [0.15, 0.2) is 42.6 Å². The Morgan fingerprint density at radius 1 is 1.32 bits per heavy atom. The molecule has 1 amide bonds. The lowest BCUT2D eigenvalue weighted by molar-refractivity contribution is 0.102. The lowest BCUT2D eigenvalue weighted by Gasteiger charge is -2.07. The van der Waals surface area contributed by atoms with E-state index in [0.717, 1.165) is 0 Å². The summed E-state index contributed by atoms with van der Waals surface area (Å²) < 4.78 is 5.23. The fraction of sp³-hybridized carbons (Fsp3) is 0.143. The maximum absolute atomic E-state index is 12.0. The molecule has 0 aliphatic heterocycles. The van der Waals surface area contributed by atoms with Crippen molar-refractivity contribution in [2.45, 2.75) is 6.92 Å². The van der Waals surface area contributed by atoms with Gasteiger partial charge in [0.2, 0.25) is 5.88 Å². The van der Waals surface area contributed by atoms with Crippen molar-refractivity contribution in [2.24, 2.45) is 0 Å². The second kappa shape index (κ2) is 5.86. The molecule has 0 saturated heterocycles. The molecule has 0 bridgehead atoms. The van der Waals surface area contributed by atoms with Crippen molar-refractivity contribution in [3.8, 4) is 5.88 Å². The molecule has 0 aliphatic rings. The van der Waals surface area contributed by atoms with Gasteiger partial charge >= 0.3 is 0 Å². The van der Waals surface area contributed by atoms with E-state index in [2.05, 4.69) is 10.3 Å². The van der Waals surface area contributed by atoms with Crippen molar-refractivity contribution in [1.82, 2.24) is 4.98 Å². The second-order valence-corrected chi connectivity index (χ2v) is 3.86. The molecule has 3 N–H and O–H groups in total. The highest BCUT2D eigenvalue weighted by Gasteiger charge is 2.09. The van der Waals surface area contributed by atoms with Crippen LogP contribution in [-0.4, -0.2) is 17.5 Å². The molecule has 0 radical (unpaired) electrons. The van der Waals surface area contributed by atoms with Gasteiger partial charge in [0, 0.05) is 11.8 Å². The predicted octanol–water partition coefficient (Wildman–Crippen LogP) is 2.31. The second-order valence-electron chi connectivity index (χ2n) is 3.86. The number of nitrogens with one attached hydrogen (secondary N) is 1. The molecule has 1 aromatic heterocycles. The average molecular weight is 257 g/mol. The van der Waals surface area contributed by atoms with Gasteiger partial charge in [-0.15, -0.1) is 0 Å². The van der Waals surface area contributed by atoms with Gasteiger partial charge in [-0.3, -0.25) is 4.79 Å². The molecule has 5 nitrogen and oxygen atoms in total. The Balaban J connectivity index is 2.09. The molecule has 5 heteroatoms. The fourth-order valence-electron chi connectivity index (χ4n) is 1.59. The van der Waals surface area contributed by atoms with Crippen LogP contribution in [0.5, 0.6) is 5.88 Å². The number of rotatable bonds is 4. The van der Waals surface area contributed by atoms with Gasteiger partial charge in [-0.2, -0.15) is 0 Å². The first kappa shape index (κ1) is 12.9. The largest absolute Gasteiger partial charge is 0.478 e. The van der Waals surface area contributed by atoms with Crippen molar-refractivity contribution in [2.75, 3.05) is 17.7 Å². The van der Waals surface area contributed by atoms with Gasteiger partial charge in [0.15, 0.2) is 0 Å². The van der Waals surface area contributed by atoms with Crippen LogP contribution in [0.4, 0.5) is 11.4 Å². The van der Waals surface area contributed by atoms with Crippen molar-refractivity contribution in [3.05, 3.63) is 48.2 Å². The molecule has 0 unspecified atom stereocenters. The summed E-state index contributed by atoms with van der Waals surface area (Å²) in [5.74, 6) is 0.267. The first-order valence-electron chi connectivity index (χ1n) is 5.95. The minimum Gasteiger partial charge on any atom is -0.478 e.